The quantitative estimate of drug-likeness (QED) is 0.612. The van der Waals surface area contributed by atoms with Crippen LogP contribution < -0.4 is 10.6 Å². The third kappa shape index (κ3) is 5.85. The second-order valence-corrected chi connectivity index (χ2v) is 2.69. The van der Waals surface area contributed by atoms with Crippen LogP contribution in [0.5, 0.6) is 0 Å². The minimum Gasteiger partial charge on any atom is -0.359 e. The van der Waals surface area contributed by atoms with Gasteiger partial charge in [0.25, 0.3) is 0 Å². The predicted octanol–water partition coefficient (Wildman–Crippen LogP) is 0.511. The van der Waals surface area contributed by atoms with Gasteiger partial charge in [0.2, 0.25) is 5.91 Å². The van der Waals surface area contributed by atoms with Gasteiger partial charge in [-0.25, -0.2) is 0 Å². The smallest absolute Gasteiger partial charge is 0.221 e. The van der Waals surface area contributed by atoms with Crippen LogP contribution in [0.15, 0.2) is 0 Å². The fourth-order valence-electron chi connectivity index (χ4n) is 0.701. The zero-order chi connectivity index (χ0) is 8.69. The summed E-state index contributed by atoms with van der Waals surface area (Å²) < 4.78 is 0. The Morgan fingerprint density at radius 1 is 1.55 bits per heavy atom. The summed E-state index contributed by atoms with van der Waals surface area (Å²) in [5.41, 5.74) is 0. The first-order valence-electron chi connectivity index (χ1n) is 4.14. The standard InChI is InChI=1S/C8H18N2O/c1-4-7(2)10-6-5-8(11)9-3/h7,10H,4-6H2,1-3H3,(H,9,11)/t7-/m1/s1. The molecule has 0 aliphatic heterocycles. The van der Waals surface area contributed by atoms with Gasteiger partial charge in [-0.3, -0.25) is 4.79 Å². The molecule has 0 fully saturated rings. The lowest BCUT2D eigenvalue weighted by molar-refractivity contribution is -0.120. The van der Waals surface area contributed by atoms with Crippen LogP contribution in [-0.4, -0.2) is 25.5 Å². The zero-order valence-electron chi connectivity index (χ0n) is 7.61. The Morgan fingerprint density at radius 3 is 2.64 bits per heavy atom. The number of rotatable bonds is 5. The second kappa shape index (κ2) is 6.16. The summed E-state index contributed by atoms with van der Waals surface area (Å²) in [5, 5.41) is 5.81. The van der Waals surface area contributed by atoms with Gasteiger partial charge in [-0.15, -0.1) is 0 Å². The van der Waals surface area contributed by atoms with E-state index in [1.54, 1.807) is 7.05 Å². The van der Waals surface area contributed by atoms with Crippen molar-refractivity contribution in [1.82, 2.24) is 10.6 Å². The average molecular weight is 158 g/mol. The van der Waals surface area contributed by atoms with Crippen molar-refractivity contribution in [2.24, 2.45) is 0 Å². The molecule has 0 unspecified atom stereocenters. The maximum Gasteiger partial charge on any atom is 0.221 e. The third-order valence-corrected chi connectivity index (χ3v) is 1.74. The molecule has 11 heavy (non-hydrogen) atoms. The molecule has 0 aliphatic carbocycles. The summed E-state index contributed by atoms with van der Waals surface area (Å²) in [6.45, 7) is 5.01. The molecule has 0 saturated carbocycles. The summed E-state index contributed by atoms with van der Waals surface area (Å²) in [6.07, 6.45) is 1.68. The number of carbonyl (C=O) groups excluding carboxylic acids is 1. The molecule has 0 bridgehead atoms. The summed E-state index contributed by atoms with van der Waals surface area (Å²) in [7, 11) is 1.66. The first-order chi connectivity index (χ1) is 5.20. The van der Waals surface area contributed by atoms with Crippen LogP contribution in [-0.2, 0) is 4.79 Å². The number of nitrogens with one attached hydrogen (secondary N) is 2. The van der Waals surface area contributed by atoms with Crippen LogP contribution in [0.25, 0.3) is 0 Å². The fraction of sp³-hybridized carbons (Fsp3) is 0.875. The molecule has 2 N–H and O–H groups in total. The highest BCUT2D eigenvalue weighted by molar-refractivity contribution is 5.75. The maximum absolute atomic E-state index is 10.7. The van der Waals surface area contributed by atoms with Gasteiger partial charge in [0.15, 0.2) is 0 Å². The number of hydrogen-bond donors (Lipinski definition) is 2. The molecule has 0 aromatic rings. The second-order valence-electron chi connectivity index (χ2n) is 2.69. The van der Waals surface area contributed by atoms with Crippen LogP contribution in [0, 0.1) is 0 Å². The van der Waals surface area contributed by atoms with E-state index in [1.807, 2.05) is 0 Å². The van der Waals surface area contributed by atoms with Gasteiger partial charge in [0, 0.05) is 26.1 Å². The van der Waals surface area contributed by atoms with Gasteiger partial charge in [0.1, 0.15) is 0 Å². The molecule has 3 heteroatoms. The topological polar surface area (TPSA) is 41.1 Å². The van der Waals surface area contributed by atoms with Crippen molar-refractivity contribution in [3.63, 3.8) is 0 Å². The molecule has 0 aromatic carbocycles. The van der Waals surface area contributed by atoms with Crippen molar-refractivity contribution in [3.8, 4) is 0 Å². The lowest BCUT2D eigenvalue weighted by Crippen LogP contribution is -2.30. The van der Waals surface area contributed by atoms with E-state index in [-0.39, 0.29) is 5.91 Å². The van der Waals surface area contributed by atoms with Crippen molar-refractivity contribution in [1.29, 1.82) is 0 Å². The molecule has 66 valence electrons. The molecule has 1 amide bonds. The SMILES string of the molecule is CC[C@@H](C)NCCC(=O)NC. The Bertz CT molecular complexity index is 115. The van der Waals surface area contributed by atoms with Crippen LogP contribution >= 0.6 is 0 Å². The Hall–Kier alpha value is -0.570. The van der Waals surface area contributed by atoms with Gasteiger partial charge < -0.3 is 10.6 Å². The molecular formula is C8H18N2O. The van der Waals surface area contributed by atoms with Gasteiger partial charge in [-0.2, -0.15) is 0 Å². The Kier molecular flexibility index (Phi) is 5.84. The normalized spacial score (nSPS) is 12.6. The van der Waals surface area contributed by atoms with E-state index >= 15 is 0 Å². The predicted molar refractivity (Wildman–Crippen MR) is 46.4 cm³/mol. The van der Waals surface area contributed by atoms with Crippen molar-refractivity contribution in [2.45, 2.75) is 32.7 Å². The molecule has 1 atom stereocenters. The average Bonchev–Trinajstić information content (AvgIpc) is 2.04. The Labute approximate surface area is 68.6 Å². The van der Waals surface area contributed by atoms with E-state index in [0.717, 1.165) is 13.0 Å². The van der Waals surface area contributed by atoms with Crippen LogP contribution in [0.3, 0.4) is 0 Å². The van der Waals surface area contributed by atoms with E-state index in [0.29, 0.717) is 12.5 Å². The number of carbonyl (C=O) groups is 1. The summed E-state index contributed by atoms with van der Waals surface area (Å²) in [5.74, 6) is 0.0980. The van der Waals surface area contributed by atoms with Gasteiger partial charge in [0.05, 0.1) is 0 Å². The van der Waals surface area contributed by atoms with Crippen LogP contribution in [0.2, 0.25) is 0 Å². The molecule has 0 aromatic heterocycles. The summed E-state index contributed by atoms with van der Waals surface area (Å²) in [4.78, 5) is 10.7. The highest BCUT2D eigenvalue weighted by Crippen LogP contribution is 1.87. The van der Waals surface area contributed by atoms with Crippen molar-refractivity contribution < 1.29 is 4.79 Å². The molecule has 3 nitrogen and oxygen atoms in total. The monoisotopic (exact) mass is 158 g/mol. The molecule has 0 saturated heterocycles. The summed E-state index contributed by atoms with van der Waals surface area (Å²) >= 11 is 0. The maximum atomic E-state index is 10.7. The molecule has 0 rings (SSSR count). The molecule has 0 heterocycles. The minimum atomic E-state index is 0.0980. The van der Waals surface area contributed by atoms with Crippen molar-refractivity contribution in [3.05, 3.63) is 0 Å². The highest BCUT2D eigenvalue weighted by Gasteiger charge is 1.99. The zero-order valence-corrected chi connectivity index (χ0v) is 7.61. The van der Waals surface area contributed by atoms with Crippen LogP contribution in [0.1, 0.15) is 26.7 Å². The van der Waals surface area contributed by atoms with E-state index < -0.39 is 0 Å². The minimum absolute atomic E-state index is 0.0980. The van der Waals surface area contributed by atoms with Gasteiger partial charge in [-0.1, -0.05) is 6.92 Å². The van der Waals surface area contributed by atoms with Crippen molar-refractivity contribution >= 4 is 5.91 Å². The van der Waals surface area contributed by atoms with E-state index in [4.69, 9.17) is 0 Å². The number of amides is 1. The van der Waals surface area contributed by atoms with E-state index in [2.05, 4.69) is 24.5 Å². The Balaban J connectivity index is 3.20. The van der Waals surface area contributed by atoms with Crippen molar-refractivity contribution in [2.75, 3.05) is 13.6 Å². The largest absolute Gasteiger partial charge is 0.359 e. The molecular weight excluding hydrogens is 140 g/mol. The highest BCUT2D eigenvalue weighted by atomic mass is 16.1. The van der Waals surface area contributed by atoms with Gasteiger partial charge >= 0.3 is 0 Å². The van der Waals surface area contributed by atoms with E-state index in [1.165, 1.54) is 0 Å². The molecule has 0 spiro atoms. The van der Waals surface area contributed by atoms with Gasteiger partial charge in [-0.05, 0) is 13.3 Å². The number of hydrogen-bond acceptors (Lipinski definition) is 2. The molecule has 0 aliphatic rings. The van der Waals surface area contributed by atoms with E-state index in [9.17, 15) is 4.79 Å². The third-order valence-electron chi connectivity index (χ3n) is 1.74. The lowest BCUT2D eigenvalue weighted by Gasteiger charge is -2.09. The van der Waals surface area contributed by atoms with Crippen LogP contribution in [0.4, 0.5) is 0 Å². The lowest BCUT2D eigenvalue weighted by atomic mass is 10.2. The fourth-order valence-corrected chi connectivity index (χ4v) is 0.701. The Morgan fingerprint density at radius 2 is 2.18 bits per heavy atom. The first-order valence-corrected chi connectivity index (χ1v) is 4.14. The first kappa shape index (κ1) is 10.4. The molecule has 0 radical (unpaired) electrons. The summed E-state index contributed by atoms with van der Waals surface area (Å²) in [6, 6.07) is 0.514.